The predicted octanol–water partition coefficient (Wildman–Crippen LogP) is 2.85. The van der Waals surface area contributed by atoms with E-state index in [0.717, 1.165) is 15.9 Å². The van der Waals surface area contributed by atoms with Gasteiger partial charge in [0.25, 0.3) is 11.8 Å². The van der Waals surface area contributed by atoms with Gasteiger partial charge in [0.1, 0.15) is 11.5 Å². The number of hydrazone groups is 1. The van der Waals surface area contributed by atoms with E-state index in [1.54, 1.807) is 26.4 Å². The number of allylic oxidation sites excluding steroid dienone is 2. The first-order valence-electron chi connectivity index (χ1n) is 9.06. The summed E-state index contributed by atoms with van der Waals surface area (Å²) in [7, 11) is 3.12. The molecule has 27 heavy (non-hydrogen) atoms. The van der Waals surface area contributed by atoms with Crippen molar-refractivity contribution in [2.45, 2.75) is 6.42 Å². The topological polar surface area (TPSA) is 68.2 Å². The van der Waals surface area contributed by atoms with Crippen LogP contribution in [0.2, 0.25) is 0 Å². The Balaban J connectivity index is 1.45. The van der Waals surface area contributed by atoms with Crippen LogP contribution in [0.5, 0.6) is 11.5 Å². The van der Waals surface area contributed by atoms with Crippen LogP contribution in [0, 0.1) is 35.5 Å². The zero-order valence-corrected chi connectivity index (χ0v) is 16.5. The van der Waals surface area contributed by atoms with E-state index in [1.165, 1.54) is 6.21 Å². The average molecular weight is 431 g/mol. The molecular weight excluding hydrogens is 412 g/mol. The van der Waals surface area contributed by atoms with Crippen LogP contribution in [0.4, 0.5) is 0 Å². The molecule has 6 nitrogen and oxygen atoms in total. The third-order valence-electron chi connectivity index (χ3n) is 6.46. The molecule has 6 unspecified atom stereocenters. The summed E-state index contributed by atoms with van der Waals surface area (Å²) >= 11 is 3.44. The van der Waals surface area contributed by atoms with E-state index in [4.69, 9.17) is 9.47 Å². The van der Waals surface area contributed by atoms with Crippen molar-refractivity contribution in [3.8, 4) is 11.5 Å². The van der Waals surface area contributed by atoms with Crippen molar-refractivity contribution in [1.29, 1.82) is 0 Å². The number of ether oxygens (including phenoxy) is 2. The Morgan fingerprint density at radius 2 is 1.63 bits per heavy atom. The average Bonchev–Trinajstić information content (AvgIpc) is 3.45. The molecule has 1 aliphatic heterocycles. The van der Waals surface area contributed by atoms with Crippen LogP contribution in [0.25, 0.3) is 0 Å². The lowest BCUT2D eigenvalue weighted by atomic mass is 9.63. The molecule has 3 fully saturated rings. The van der Waals surface area contributed by atoms with Gasteiger partial charge in [-0.3, -0.25) is 9.59 Å². The van der Waals surface area contributed by atoms with Gasteiger partial charge in [-0.2, -0.15) is 10.1 Å². The molecule has 5 aliphatic rings. The Bertz CT molecular complexity index is 875. The predicted molar refractivity (Wildman–Crippen MR) is 101 cm³/mol. The van der Waals surface area contributed by atoms with Gasteiger partial charge in [-0.05, 0) is 52.1 Å². The van der Waals surface area contributed by atoms with Gasteiger partial charge in [-0.1, -0.05) is 12.2 Å². The standard InChI is InChI=1S/C20H19BrN2O4/c1-26-15-7-16(27-2)14(21)5-9(15)8-22-23-19(24)17-10-3-4-11(13-6-12(10)13)18(17)20(23)25/h3-5,7-8,10-13,17-18H,6H2,1-2H3. The summed E-state index contributed by atoms with van der Waals surface area (Å²) in [6.07, 6.45) is 6.96. The molecule has 0 N–H and O–H groups in total. The highest BCUT2D eigenvalue weighted by Gasteiger charge is 2.67. The second-order valence-electron chi connectivity index (χ2n) is 7.62. The number of amides is 2. The number of rotatable bonds is 4. The van der Waals surface area contributed by atoms with Crippen molar-refractivity contribution < 1.29 is 19.1 Å². The number of hydrogen-bond donors (Lipinski definition) is 0. The summed E-state index contributed by atoms with van der Waals surface area (Å²) in [5, 5.41) is 5.34. The summed E-state index contributed by atoms with van der Waals surface area (Å²) in [6.45, 7) is 0. The van der Waals surface area contributed by atoms with Gasteiger partial charge >= 0.3 is 0 Å². The third-order valence-corrected chi connectivity index (χ3v) is 7.08. The molecule has 1 aromatic carbocycles. The molecule has 140 valence electrons. The molecule has 2 amide bonds. The fraction of sp³-hybridized carbons (Fsp3) is 0.450. The van der Waals surface area contributed by atoms with Crippen molar-refractivity contribution in [3.63, 3.8) is 0 Å². The SMILES string of the molecule is COc1cc(OC)c(C=NN2C(=O)C3C4C=CC(C5CC45)C3C2=O)cc1Br. The lowest BCUT2D eigenvalue weighted by Crippen LogP contribution is -2.40. The Hall–Kier alpha value is -2.15. The number of carbonyl (C=O) groups excluding carboxylic acids is 2. The quantitative estimate of drug-likeness (QED) is 0.418. The number of benzene rings is 1. The minimum atomic E-state index is -0.238. The lowest BCUT2D eigenvalue weighted by Gasteiger charge is -2.37. The van der Waals surface area contributed by atoms with Gasteiger partial charge < -0.3 is 9.47 Å². The molecule has 2 bridgehead atoms. The summed E-state index contributed by atoms with van der Waals surface area (Å²) in [5.74, 6) is 1.94. The minimum Gasteiger partial charge on any atom is -0.496 e. The zero-order valence-electron chi connectivity index (χ0n) is 15.0. The van der Waals surface area contributed by atoms with Crippen molar-refractivity contribution >= 4 is 34.0 Å². The van der Waals surface area contributed by atoms with E-state index in [0.29, 0.717) is 28.9 Å². The highest BCUT2D eigenvalue weighted by Crippen LogP contribution is 2.65. The largest absolute Gasteiger partial charge is 0.496 e. The van der Waals surface area contributed by atoms with E-state index in [9.17, 15) is 9.59 Å². The van der Waals surface area contributed by atoms with E-state index in [1.807, 2.05) is 0 Å². The van der Waals surface area contributed by atoms with Crippen LogP contribution >= 0.6 is 15.9 Å². The van der Waals surface area contributed by atoms with Gasteiger partial charge in [0, 0.05) is 11.6 Å². The third kappa shape index (κ3) is 2.33. The van der Waals surface area contributed by atoms with Crippen molar-refractivity contribution in [3.05, 3.63) is 34.3 Å². The number of methoxy groups -OCH3 is 2. The van der Waals surface area contributed by atoms with Crippen LogP contribution in [0.3, 0.4) is 0 Å². The molecule has 0 aromatic heterocycles. The van der Waals surface area contributed by atoms with Gasteiger partial charge in [0.2, 0.25) is 0 Å². The van der Waals surface area contributed by atoms with Crippen molar-refractivity contribution in [1.82, 2.24) is 5.01 Å². The Labute approximate surface area is 165 Å². The monoisotopic (exact) mass is 430 g/mol. The van der Waals surface area contributed by atoms with Crippen LogP contribution in [0.15, 0.2) is 33.9 Å². The van der Waals surface area contributed by atoms with E-state index < -0.39 is 0 Å². The number of hydrogen-bond acceptors (Lipinski definition) is 5. The van der Waals surface area contributed by atoms with Crippen LogP contribution in [-0.2, 0) is 9.59 Å². The first kappa shape index (κ1) is 17.0. The first-order valence-corrected chi connectivity index (χ1v) is 9.86. The van der Waals surface area contributed by atoms with Gasteiger partial charge in [-0.15, -0.1) is 0 Å². The maximum atomic E-state index is 12.9. The molecule has 0 spiro atoms. The Morgan fingerprint density at radius 1 is 1.04 bits per heavy atom. The number of halogens is 1. The fourth-order valence-corrected chi connectivity index (χ4v) is 5.68. The van der Waals surface area contributed by atoms with Crippen LogP contribution in [0.1, 0.15) is 12.0 Å². The molecule has 1 aromatic rings. The Kier molecular flexibility index (Phi) is 3.73. The molecule has 1 saturated heterocycles. The number of carbonyl (C=O) groups is 2. The van der Waals surface area contributed by atoms with E-state index >= 15 is 0 Å². The van der Waals surface area contributed by atoms with E-state index in [2.05, 4.69) is 33.2 Å². The van der Waals surface area contributed by atoms with Crippen LogP contribution < -0.4 is 9.47 Å². The molecule has 2 saturated carbocycles. The zero-order chi connectivity index (χ0) is 18.9. The summed E-state index contributed by atoms with van der Waals surface area (Å²) < 4.78 is 11.4. The molecule has 6 rings (SSSR count). The van der Waals surface area contributed by atoms with Gasteiger partial charge in [0.05, 0.1) is 36.7 Å². The highest BCUT2D eigenvalue weighted by atomic mass is 79.9. The fourth-order valence-electron chi connectivity index (χ4n) is 5.16. The summed E-state index contributed by atoms with van der Waals surface area (Å²) in [5.41, 5.74) is 0.657. The normalized spacial score (nSPS) is 35.6. The molecule has 0 radical (unpaired) electrons. The van der Waals surface area contributed by atoms with Gasteiger partial charge in [-0.25, -0.2) is 0 Å². The van der Waals surface area contributed by atoms with Crippen LogP contribution in [-0.4, -0.2) is 37.3 Å². The smallest absolute Gasteiger partial charge is 0.254 e. The Morgan fingerprint density at radius 3 is 2.19 bits per heavy atom. The number of imide groups is 1. The number of nitrogens with zero attached hydrogens (tertiary/aromatic N) is 2. The highest BCUT2D eigenvalue weighted by molar-refractivity contribution is 9.10. The summed E-state index contributed by atoms with van der Waals surface area (Å²) in [4.78, 5) is 25.9. The molecule has 1 heterocycles. The molecular formula is C20H19BrN2O4. The molecule has 6 atom stereocenters. The molecule has 7 heteroatoms. The maximum Gasteiger partial charge on any atom is 0.254 e. The van der Waals surface area contributed by atoms with Gasteiger partial charge in [0.15, 0.2) is 0 Å². The lowest BCUT2D eigenvalue weighted by molar-refractivity contribution is -0.140. The molecule has 4 aliphatic carbocycles. The maximum absolute atomic E-state index is 12.9. The van der Waals surface area contributed by atoms with E-state index in [-0.39, 0.29) is 35.5 Å². The van der Waals surface area contributed by atoms with Crippen molar-refractivity contribution in [2.75, 3.05) is 14.2 Å². The minimum absolute atomic E-state index is 0.169. The first-order chi connectivity index (χ1) is 13.0. The second-order valence-corrected chi connectivity index (χ2v) is 8.47. The summed E-state index contributed by atoms with van der Waals surface area (Å²) in [6, 6.07) is 3.52. The van der Waals surface area contributed by atoms with Crippen molar-refractivity contribution in [2.24, 2.45) is 40.6 Å². The second kappa shape index (κ2) is 5.92.